The molecule has 0 aliphatic rings. The van der Waals surface area contributed by atoms with Crippen LogP contribution in [0.15, 0.2) is 233 Å². The average molecular weight is 886 g/mol. The number of hydrogen-bond acceptors (Lipinski definition) is 4. The van der Waals surface area contributed by atoms with Crippen LogP contribution in [0.3, 0.4) is 0 Å². The molecule has 0 saturated heterocycles. The molecule has 5 heteroatoms. The van der Waals surface area contributed by atoms with E-state index < -0.39 is 0 Å². The Morgan fingerprint density at radius 2 is 0.696 bits per heavy atom. The maximum absolute atomic E-state index is 6.82. The van der Waals surface area contributed by atoms with Crippen molar-refractivity contribution >= 4 is 121 Å². The van der Waals surface area contributed by atoms with Crippen LogP contribution < -0.4 is 9.80 Å². The zero-order valence-corrected chi connectivity index (χ0v) is 38.0. The lowest BCUT2D eigenvalue weighted by Gasteiger charge is -2.27. The van der Waals surface area contributed by atoms with E-state index in [1.165, 1.54) is 32.7 Å². The Balaban J connectivity index is 1.13. The van der Waals surface area contributed by atoms with Gasteiger partial charge in [-0.2, -0.15) is 0 Å². The molecule has 0 bridgehead atoms. The van der Waals surface area contributed by atoms with Crippen molar-refractivity contribution in [1.82, 2.24) is 4.57 Å². The number of fused-ring (bicyclic) bond motifs is 13. The van der Waals surface area contributed by atoms with Crippen LogP contribution in [0.2, 0.25) is 0 Å². The van der Waals surface area contributed by atoms with Crippen molar-refractivity contribution < 1.29 is 8.83 Å². The molecule has 0 fully saturated rings. The summed E-state index contributed by atoms with van der Waals surface area (Å²) in [5, 5.41) is 11.4. The minimum absolute atomic E-state index is 0.846. The molecular formula is C64H43N3O2. The van der Waals surface area contributed by atoms with Crippen molar-refractivity contribution in [2.75, 3.05) is 9.80 Å². The first-order valence-corrected chi connectivity index (χ1v) is 23.6. The van der Waals surface area contributed by atoms with Crippen LogP contribution in [0, 0.1) is 13.8 Å². The second-order valence-corrected chi connectivity index (χ2v) is 18.2. The van der Waals surface area contributed by atoms with Crippen LogP contribution in [0.5, 0.6) is 0 Å². The minimum Gasteiger partial charge on any atom is -0.454 e. The Kier molecular flexibility index (Phi) is 8.65. The van der Waals surface area contributed by atoms with Crippen molar-refractivity contribution in [2.45, 2.75) is 13.8 Å². The van der Waals surface area contributed by atoms with Gasteiger partial charge in [-0.05, 0) is 97.4 Å². The molecule has 0 amide bonds. The van der Waals surface area contributed by atoms with Gasteiger partial charge < -0.3 is 23.2 Å². The number of benzene rings is 11. The number of hydrogen-bond donors (Lipinski definition) is 0. The quantitative estimate of drug-likeness (QED) is 0.160. The lowest BCUT2D eigenvalue weighted by Crippen LogP contribution is -2.11. The van der Waals surface area contributed by atoms with Gasteiger partial charge in [0.05, 0.1) is 33.8 Å². The van der Waals surface area contributed by atoms with E-state index in [2.05, 4.69) is 241 Å². The molecule has 0 spiro atoms. The molecule has 326 valence electrons. The highest BCUT2D eigenvalue weighted by Gasteiger charge is 2.28. The first-order chi connectivity index (χ1) is 34.1. The molecule has 0 unspecified atom stereocenters. The topological polar surface area (TPSA) is 37.7 Å². The number of rotatable bonds is 7. The molecule has 14 aromatic rings. The van der Waals surface area contributed by atoms with E-state index in [1.807, 2.05) is 12.1 Å². The predicted octanol–water partition coefficient (Wildman–Crippen LogP) is 18.4. The van der Waals surface area contributed by atoms with Crippen LogP contribution in [0.25, 0.3) is 92.9 Å². The molecule has 0 radical (unpaired) electrons. The third kappa shape index (κ3) is 5.97. The van der Waals surface area contributed by atoms with Gasteiger partial charge in [0.25, 0.3) is 0 Å². The summed E-state index contributed by atoms with van der Waals surface area (Å²) < 4.78 is 16.1. The first-order valence-electron chi connectivity index (χ1n) is 23.6. The maximum atomic E-state index is 6.82. The fraction of sp³-hybridized carbons (Fsp3) is 0.0312. The standard InChI is InChI=1S/C64H43N3O2/c1-40-30-34-43(35-31-40)65(53-26-14-24-51-47-20-10-12-28-59(47)68-63(51)53)55-38-57-61(49-22-8-6-18-45(49)55)62-50-23-9-7-19-46(50)56(39-58(62)67(57)42-16-4-3-5-17-42)66(44-36-32-41(2)33-37-44)54-27-15-25-52-48-21-11-13-29-60(48)69-64(52)54/h3-39H,1-2H3. The van der Waals surface area contributed by atoms with Gasteiger partial charge in [-0.3, -0.25) is 0 Å². The van der Waals surface area contributed by atoms with Gasteiger partial charge in [-0.15, -0.1) is 0 Å². The molecule has 3 aromatic heterocycles. The summed E-state index contributed by atoms with van der Waals surface area (Å²) in [7, 11) is 0. The van der Waals surface area contributed by atoms with Gasteiger partial charge in [0.1, 0.15) is 11.2 Å². The van der Waals surface area contributed by atoms with Crippen molar-refractivity contribution in [3.05, 3.63) is 236 Å². The molecule has 69 heavy (non-hydrogen) atoms. The summed E-state index contributed by atoms with van der Waals surface area (Å²) >= 11 is 0. The van der Waals surface area contributed by atoms with Gasteiger partial charge in [-0.1, -0.05) is 163 Å². The highest BCUT2D eigenvalue weighted by molar-refractivity contribution is 6.32. The fourth-order valence-corrected chi connectivity index (χ4v) is 10.9. The fourth-order valence-electron chi connectivity index (χ4n) is 10.9. The summed E-state index contributed by atoms with van der Waals surface area (Å²) in [5.41, 5.74) is 15.2. The number of anilines is 6. The molecule has 5 nitrogen and oxygen atoms in total. The largest absolute Gasteiger partial charge is 0.454 e. The van der Waals surface area contributed by atoms with Crippen LogP contribution in [0.4, 0.5) is 34.1 Å². The van der Waals surface area contributed by atoms with Gasteiger partial charge in [0.15, 0.2) is 11.2 Å². The first kappa shape index (κ1) is 39.1. The number of furan rings is 2. The number of aromatic nitrogens is 1. The van der Waals surface area contributed by atoms with Crippen LogP contribution in [-0.2, 0) is 0 Å². The molecule has 14 rings (SSSR count). The lowest BCUT2D eigenvalue weighted by atomic mass is 9.96. The highest BCUT2D eigenvalue weighted by atomic mass is 16.3. The van der Waals surface area contributed by atoms with E-state index in [-0.39, 0.29) is 0 Å². The van der Waals surface area contributed by atoms with E-state index in [4.69, 9.17) is 8.83 Å². The van der Waals surface area contributed by atoms with Crippen molar-refractivity contribution in [3.8, 4) is 5.69 Å². The van der Waals surface area contributed by atoms with E-state index in [0.29, 0.717) is 0 Å². The molecular weight excluding hydrogens is 843 g/mol. The average Bonchev–Trinajstić information content (AvgIpc) is 4.08. The molecule has 0 atom stereocenters. The SMILES string of the molecule is Cc1ccc(N(c2cc3c(c4ccccc24)c2c4ccccc4c(N(c4ccc(C)cc4)c4cccc5c4oc4ccccc45)cc2n3-c2ccccc2)c2cccc3c2oc2ccccc23)cc1. The van der Waals surface area contributed by atoms with E-state index in [9.17, 15) is 0 Å². The predicted molar refractivity (Wildman–Crippen MR) is 289 cm³/mol. The van der Waals surface area contributed by atoms with Gasteiger partial charge in [-0.25, -0.2) is 0 Å². The number of aryl methyl sites for hydroxylation is 2. The Morgan fingerprint density at radius 1 is 0.319 bits per heavy atom. The second-order valence-electron chi connectivity index (χ2n) is 18.2. The van der Waals surface area contributed by atoms with E-state index in [1.54, 1.807) is 0 Å². The maximum Gasteiger partial charge on any atom is 0.159 e. The third-order valence-corrected chi connectivity index (χ3v) is 14.1. The van der Waals surface area contributed by atoms with Crippen molar-refractivity contribution in [3.63, 3.8) is 0 Å². The normalized spacial score (nSPS) is 11.9. The summed E-state index contributed by atoms with van der Waals surface area (Å²) in [6.07, 6.45) is 0. The second kappa shape index (κ2) is 15.2. The van der Waals surface area contributed by atoms with Crippen LogP contribution >= 0.6 is 0 Å². The zero-order chi connectivity index (χ0) is 45.7. The highest BCUT2D eigenvalue weighted by Crippen LogP contribution is 2.52. The van der Waals surface area contributed by atoms with Crippen molar-refractivity contribution in [1.29, 1.82) is 0 Å². The molecule has 3 heterocycles. The van der Waals surface area contributed by atoms with E-state index in [0.717, 1.165) is 105 Å². The molecule has 0 aliphatic heterocycles. The monoisotopic (exact) mass is 885 g/mol. The Morgan fingerprint density at radius 3 is 1.14 bits per heavy atom. The summed E-state index contributed by atoms with van der Waals surface area (Å²) in [6, 6.07) is 80.9. The summed E-state index contributed by atoms with van der Waals surface area (Å²) in [6.45, 7) is 4.28. The molecule has 0 saturated carbocycles. The number of nitrogens with zero attached hydrogens (tertiary/aromatic N) is 3. The molecule has 11 aromatic carbocycles. The van der Waals surface area contributed by atoms with Crippen molar-refractivity contribution in [2.24, 2.45) is 0 Å². The molecule has 0 aliphatic carbocycles. The summed E-state index contributed by atoms with van der Waals surface area (Å²) in [4.78, 5) is 4.80. The Labute approximate surface area is 397 Å². The van der Waals surface area contributed by atoms with Crippen LogP contribution in [-0.4, -0.2) is 4.57 Å². The van der Waals surface area contributed by atoms with Crippen LogP contribution in [0.1, 0.15) is 11.1 Å². The minimum atomic E-state index is 0.846. The zero-order valence-electron chi connectivity index (χ0n) is 38.0. The lowest BCUT2D eigenvalue weighted by molar-refractivity contribution is 0.669. The number of para-hydroxylation sites is 5. The molecule has 0 N–H and O–H groups in total. The van der Waals surface area contributed by atoms with E-state index >= 15 is 0 Å². The third-order valence-electron chi connectivity index (χ3n) is 14.1. The van der Waals surface area contributed by atoms with Gasteiger partial charge >= 0.3 is 0 Å². The smallest absolute Gasteiger partial charge is 0.159 e. The Bertz CT molecular complexity index is 4070. The van der Waals surface area contributed by atoms with Gasteiger partial charge in [0, 0.05) is 60.2 Å². The Hall–Kier alpha value is -9.06. The van der Waals surface area contributed by atoms with Gasteiger partial charge in [0.2, 0.25) is 0 Å². The summed E-state index contributed by atoms with van der Waals surface area (Å²) in [5.74, 6) is 0.